The van der Waals surface area contributed by atoms with Gasteiger partial charge in [-0.1, -0.05) is 28.1 Å². The summed E-state index contributed by atoms with van der Waals surface area (Å²) in [5, 5.41) is 0. The molecule has 2 atom stereocenters. The van der Waals surface area contributed by atoms with Crippen molar-refractivity contribution in [1.29, 1.82) is 0 Å². The number of benzene rings is 1. The van der Waals surface area contributed by atoms with Gasteiger partial charge in [-0.2, -0.15) is 0 Å². The second kappa shape index (κ2) is 4.67. The highest BCUT2D eigenvalue weighted by atomic mass is 79.9. The molecule has 2 unspecified atom stereocenters. The van der Waals surface area contributed by atoms with Gasteiger partial charge in [0.2, 0.25) is 0 Å². The van der Waals surface area contributed by atoms with Crippen molar-refractivity contribution in [3.05, 3.63) is 34.3 Å². The second-order valence-electron chi connectivity index (χ2n) is 4.46. The molecule has 0 spiro atoms. The lowest BCUT2D eigenvalue weighted by Gasteiger charge is -2.28. The van der Waals surface area contributed by atoms with E-state index < -0.39 is 0 Å². The third-order valence-corrected chi connectivity index (χ3v) is 3.93. The number of halogens is 1. The molecule has 0 amide bonds. The molecule has 0 aromatic heterocycles. The molecule has 1 aromatic rings. The van der Waals surface area contributed by atoms with Crippen LogP contribution in [0.1, 0.15) is 38.3 Å². The molecular weight excluding hydrogens is 250 g/mol. The van der Waals surface area contributed by atoms with E-state index in [0.29, 0.717) is 6.04 Å². The van der Waals surface area contributed by atoms with Crippen molar-refractivity contribution in [2.24, 2.45) is 0 Å². The highest BCUT2D eigenvalue weighted by Crippen LogP contribution is 2.29. The van der Waals surface area contributed by atoms with Gasteiger partial charge in [-0.3, -0.25) is 4.90 Å². The van der Waals surface area contributed by atoms with E-state index in [-0.39, 0.29) is 0 Å². The maximum absolute atomic E-state index is 3.54. The third-order valence-electron chi connectivity index (χ3n) is 3.43. The minimum absolute atomic E-state index is 0.542. The molecule has 0 aliphatic carbocycles. The molecule has 0 radical (unpaired) electrons. The minimum atomic E-state index is 0.542. The van der Waals surface area contributed by atoms with Crippen LogP contribution in [0.25, 0.3) is 0 Å². The summed E-state index contributed by atoms with van der Waals surface area (Å²) >= 11 is 3.54. The van der Waals surface area contributed by atoms with E-state index in [0.717, 1.165) is 6.04 Å². The van der Waals surface area contributed by atoms with E-state index in [1.165, 1.54) is 29.4 Å². The lowest BCUT2D eigenvalue weighted by atomic mass is 10.1. The zero-order valence-electron chi connectivity index (χ0n) is 9.41. The SMILES string of the molecule is CC1CCCN1C(C)c1cccc(Br)c1. The number of hydrogen-bond acceptors (Lipinski definition) is 1. The molecule has 15 heavy (non-hydrogen) atoms. The molecule has 2 heteroatoms. The lowest BCUT2D eigenvalue weighted by Crippen LogP contribution is -2.29. The number of hydrogen-bond donors (Lipinski definition) is 0. The van der Waals surface area contributed by atoms with Gasteiger partial charge in [0.25, 0.3) is 0 Å². The standard InChI is InChI=1S/C13H18BrN/c1-10-5-4-8-15(10)11(2)12-6-3-7-13(14)9-12/h3,6-7,9-11H,4-5,8H2,1-2H3. The van der Waals surface area contributed by atoms with Gasteiger partial charge >= 0.3 is 0 Å². The Labute approximate surface area is 101 Å². The van der Waals surface area contributed by atoms with Crippen LogP contribution in [-0.2, 0) is 0 Å². The van der Waals surface area contributed by atoms with Crippen LogP contribution < -0.4 is 0 Å². The molecule has 1 aliphatic heterocycles. The summed E-state index contributed by atoms with van der Waals surface area (Å²) in [6.07, 6.45) is 2.69. The van der Waals surface area contributed by atoms with Gasteiger partial charge in [-0.15, -0.1) is 0 Å². The fourth-order valence-corrected chi connectivity index (χ4v) is 2.91. The van der Waals surface area contributed by atoms with E-state index >= 15 is 0 Å². The largest absolute Gasteiger partial charge is 0.294 e. The quantitative estimate of drug-likeness (QED) is 0.783. The topological polar surface area (TPSA) is 3.24 Å². The van der Waals surface area contributed by atoms with Gasteiger partial charge in [-0.25, -0.2) is 0 Å². The third kappa shape index (κ3) is 2.43. The first-order valence-corrected chi connectivity index (χ1v) is 6.49. The Kier molecular flexibility index (Phi) is 3.47. The number of rotatable bonds is 2. The first-order valence-electron chi connectivity index (χ1n) is 5.69. The van der Waals surface area contributed by atoms with Gasteiger partial charge in [-0.05, 0) is 50.9 Å². The molecular formula is C13H18BrN. The highest BCUT2D eigenvalue weighted by molar-refractivity contribution is 9.10. The lowest BCUT2D eigenvalue weighted by molar-refractivity contribution is 0.204. The van der Waals surface area contributed by atoms with Crippen LogP contribution in [0, 0.1) is 0 Å². The predicted octanol–water partition coefficient (Wildman–Crippen LogP) is 3.99. The Hall–Kier alpha value is -0.340. The Morgan fingerprint density at radius 3 is 2.87 bits per heavy atom. The van der Waals surface area contributed by atoms with Crippen molar-refractivity contribution in [3.63, 3.8) is 0 Å². The van der Waals surface area contributed by atoms with Crippen molar-refractivity contribution in [2.45, 2.75) is 38.8 Å². The molecule has 1 aromatic carbocycles. The predicted molar refractivity (Wildman–Crippen MR) is 68.0 cm³/mol. The normalized spacial score (nSPS) is 24.3. The summed E-state index contributed by atoms with van der Waals surface area (Å²) in [5.41, 5.74) is 1.41. The van der Waals surface area contributed by atoms with Gasteiger partial charge in [0.15, 0.2) is 0 Å². The number of nitrogens with zero attached hydrogens (tertiary/aromatic N) is 1. The molecule has 1 saturated heterocycles. The van der Waals surface area contributed by atoms with Crippen LogP contribution in [0.5, 0.6) is 0 Å². The Bertz CT molecular complexity index is 337. The molecule has 2 rings (SSSR count). The zero-order valence-corrected chi connectivity index (χ0v) is 11.0. The van der Waals surface area contributed by atoms with Gasteiger partial charge < -0.3 is 0 Å². The van der Waals surface area contributed by atoms with Crippen LogP contribution >= 0.6 is 15.9 Å². The van der Waals surface area contributed by atoms with Crippen molar-refractivity contribution in [3.8, 4) is 0 Å². The fraction of sp³-hybridized carbons (Fsp3) is 0.538. The maximum atomic E-state index is 3.54. The summed E-state index contributed by atoms with van der Waals surface area (Å²) in [6.45, 7) is 5.89. The molecule has 1 heterocycles. The Morgan fingerprint density at radius 1 is 1.47 bits per heavy atom. The average Bonchev–Trinajstić information content (AvgIpc) is 2.63. The minimum Gasteiger partial charge on any atom is -0.294 e. The molecule has 1 nitrogen and oxygen atoms in total. The zero-order chi connectivity index (χ0) is 10.8. The summed E-state index contributed by atoms with van der Waals surface area (Å²) in [4.78, 5) is 2.60. The smallest absolute Gasteiger partial charge is 0.0323 e. The molecule has 0 N–H and O–H groups in total. The van der Waals surface area contributed by atoms with Crippen LogP contribution in [0.4, 0.5) is 0 Å². The van der Waals surface area contributed by atoms with E-state index in [1.54, 1.807) is 0 Å². The van der Waals surface area contributed by atoms with Crippen molar-refractivity contribution in [2.75, 3.05) is 6.54 Å². The first kappa shape index (κ1) is 11.2. The molecule has 82 valence electrons. The maximum Gasteiger partial charge on any atom is 0.0323 e. The van der Waals surface area contributed by atoms with Crippen LogP contribution in [0.3, 0.4) is 0 Å². The van der Waals surface area contributed by atoms with E-state index in [9.17, 15) is 0 Å². The molecule has 0 saturated carbocycles. The average molecular weight is 268 g/mol. The molecule has 0 bridgehead atoms. The van der Waals surface area contributed by atoms with Gasteiger partial charge in [0.1, 0.15) is 0 Å². The molecule has 1 aliphatic rings. The first-order chi connectivity index (χ1) is 7.18. The van der Waals surface area contributed by atoms with Crippen molar-refractivity contribution >= 4 is 15.9 Å². The summed E-state index contributed by atoms with van der Waals surface area (Å²) < 4.78 is 1.18. The van der Waals surface area contributed by atoms with Crippen molar-refractivity contribution in [1.82, 2.24) is 4.90 Å². The monoisotopic (exact) mass is 267 g/mol. The summed E-state index contributed by atoms with van der Waals surface area (Å²) in [6, 6.07) is 9.94. The number of likely N-dealkylation sites (tertiary alicyclic amines) is 1. The molecule has 1 fully saturated rings. The van der Waals surface area contributed by atoms with Crippen LogP contribution in [0.2, 0.25) is 0 Å². The highest BCUT2D eigenvalue weighted by Gasteiger charge is 2.25. The van der Waals surface area contributed by atoms with Gasteiger partial charge in [0, 0.05) is 16.6 Å². The van der Waals surface area contributed by atoms with E-state index in [1.807, 2.05) is 0 Å². The van der Waals surface area contributed by atoms with E-state index in [4.69, 9.17) is 0 Å². The Morgan fingerprint density at radius 2 is 2.27 bits per heavy atom. The fourth-order valence-electron chi connectivity index (χ4n) is 2.49. The summed E-state index contributed by atoms with van der Waals surface area (Å²) in [5.74, 6) is 0. The van der Waals surface area contributed by atoms with E-state index in [2.05, 4.69) is 58.9 Å². The Balaban J connectivity index is 2.16. The second-order valence-corrected chi connectivity index (χ2v) is 5.38. The summed E-state index contributed by atoms with van der Waals surface area (Å²) in [7, 11) is 0. The van der Waals surface area contributed by atoms with Crippen LogP contribution in [0.15, 0.2) is 28.7 Å². The van der Waals surface area contributed by atoms with Crippen LogP contribution in [-0.4, -0.2) is 17.5 Å². The van der Waals surface area contributed by atoms with Crippen molar-refractivity contribution < 1.29 is 0 Å². The van der Waals surface area contributed by atoms with Gasteiger partial charge in [0.05, 0.1) is 0 Å².